The summed E-state index contributed by atoms with van der Waals surface area (Å²) in [6, 6.07) is 12.0. The molecule has 238 valence electrons. The number of carbonyl (C=O) groups is 3. The summed E-state index contributed by atoms with van der Waals surface area (Å²) in [7, 11) is 0. The molecule has 1 heterocycles. The number of piperazine rings is 1. The second-order valence-corrected chi connectivity index (χ2v) is 13.5. The Kier molecular flexibility index (Phi) is 10.2. The Bertz CT molecular complexity index is 1310. The molecule has 3 aliphatic rings. The summed E-state index contributed by atoms with van der Waals surface area (Å²) in [5.74, 6) is 2.47. The third-order valence-corrected chi connectivity index (χ3v) is 9.86. The Hall–Kier alpha value is -3.46. The second kappa shape index (κ2) is 14.1. The van der Waals surface area contributed by atoms with Crippen LogP contribution in [0.3, 0.4) is 0 Å². The topological polar surface area (TPSA) is 91.0 Å². The third-order valence-electron chi connectivity index (χ3n) is 9.86. The first-order valence-corrected chi connectivity index (χ1v) is 16.1. The van der Waals surface area contributed by atoms with Crippen molar-refractivity contribution >= 4 is 23.4 Å². The van der Waals surface area contributed by atoms with Crippen molar-refractivity contribution in [3.63, 3.8) is 0 Å². The minimum absolute atomic E-state index is 0.0196. The molecule has 44 heavy (non-hydrogen) atoms. The molecule has 2 aromatic rings. The van der Waals surface area contributed by atoms with Gasteiger partial charge >= 0.3 is 0 Å². The highest BCUT2D eigenvalue weighted by Gasteiger charge is 2.47. The average molecular weight is 607 g/mol. The van der Waals surface area contributed by atoms with E-state index < -0.39 is 0 Å². The molecule has 1 saturated heterocycles. The predicted octanol–water partition coefficient (Wildman–Crippen LogP) is 5.37. The average Bonchev–Trinajstić information content (AvgIpc) is 3.50. The number of hydrogen-bond acceptors (Lipinski definition) is 5. The van der Waals surface area contributed by atoms with Crippen LogP contribution in [-0.2, 0) is 27.5 Å². The number of fused-ring (bicyclic) bond motifs is 1. The molecule has 3 amide bonds. The molecule has 2 unspecified atom stereocenters. The molecule has 2 N–H and O–H groups in total. The molecule has 2 atom stereocenters. The molecule has 2 aliphatic carbocycles. The number of hydrogen-bond donors (Lipinski definition) is 2. The van der Waals surface area contributed by atoms with Gasteiger partial charge in [-0.05, 0) is 84.7 Å². The molecular formula is C35H47FN4O4. The van der Waals surface area contributed by atoms with Crippen molar-refractivity contribution < 1.29 is 23.5 Å². The van der Waals surface area contributed by atoms with Crippen molar-refractivity contribution in [1.29, 1.82) is 0 Å². The van der Waals surface area contributed by atoms with Crippen LogP contribution in [0, 0.1) is 29.0 Å². The summed E-state index contributed by atoms with van der Waals surface area (Å²) in [5, 5.41) is 5.64. The van der Waals surface area contributed by atoms with Gasteiger partial charge in [0.1, 0.15) is 18.2 Å². The molecule has 2 aromatic carbocycles. The molecule has 1 aliphatic heterocycles. The van der Waals surface area contributed by atoms with E-state index in [1.54, 1.807) is 11.0 Å². The molecule has 0 bridgehead atoms. The number of amides is 3. The number of ether oxygens (including phenoxy) is 1. The molecule has 9 heteroatoms. The maximum Gasteiger partial charge on any atom is 0.242 e. The first-order chi connectivity index (χ1) is 21.1. The fraction of sp³-hybridized carbons (Fsp3) is 0.571. The Labute approximate surface area is 260 Å². The lowest BCUT2D eigenvalue weighted by Gasteiger charge is -2.35. The zero-order valence-electron chi connectivity index (χ0n) is 26.4. The van der Waals surface area contributed by atoms with Gasteiger partial charge < -0.3 is 20.3 Å². The van der Waals surface area contributed by atoms with Crippen molar-refractivity contribution in [1.82, 2.24) is 15.1 Å². The number of carbonyl (C=O) groups excluding carboxylic acids is 3. The van der Waals surface area contributed by atoms with Crippen LogP contribution >= 0.6 is 0 Å². The van der Waals surface area contributed by atoms with E-state index >= 15 is 0 Å². The van der Waals surface area contributed by atoms with Gasteiger partial charge in [0.15, 0.2) is 0 Å². The van der Waals surface area contributed by atoms with Crippen molar-refractivity contribution in [2.24, 2.45) is 23.2 Å². The summed E-state index contributed by atoms with van der Waals surface area (Å²) >= 11 is 0. The van der Waals surface area contributed by atoms with Crippen molar-refractivity contribution in [2.75, 3.05) is 38.0 Å². The maximum absolute atomic E-state index is 14.2. The van der Waals surface area contributed by atoms with Crippen LogP contribution in [-0.4, -0.2) is 60.2 Å². The molecule has 3 fully saturated rings. The number of nitrogens with zero attached hydrogens (tertiary/aromatic N) is 2. The maximum atomic E-state index is 14.2. The van der Waals surface area contributed by atoms with Crippen LogP contribution < -0.4 is 15.4 Å². The first-order valence-electron chi connectivity index (χ1n) is 16.1. The van der Waals surface area contributed by atoms with E-state index in [1.807, 2.05) is 24.3 Å². The van der Waals surface area contributed by atoms with Crippen molar-refractivity contribution in [2.45, 2.75) is 72.4 Å². The quantitative estimate of drug-likeness (QED) is 0.359. The molecule has 0 radical (unpaired) electrons. The van der Waals surface area contributed by atoms with Gasteiger partial charge in [-0.3, -0.25) is 19.3 Å². The molecule has 0 aromatic heterocycles. The monoisotopic (exact) mass is 606 g/mol. The number of anilines is 1. The smallest absolute Gasteiger partial charge is 0.242 e. The lowest BCUT2D eigenvalue weighted by molar-refractivity contribution is -0.134. The van der Waals surface area contributed by atoms with Crippen LogP contribution in [0.1, 0.15) is 70.4 Å². The molecule has 0 spiro atoms. The van der Waals surface area contributed by atoms with Crippen LogP contribution in [0.15, 0.2) is 42.5 Å². The summed E-state index contributed by atoms with van der Waals surface area (Å²) in [6.45, 7) is 9.27. The first kappa shape index (κ1) is 31.9. The Morgan fingerprint density at radius 1 is 1.00 bits per heavy atom. The summed E-state index contributed by atoms with van der Waals surface area (Å²) < 4.78 is 20.2. The van der Waals surface area contributed by atoms with Crippen LogP contribution in [0.4, 0.5) is 10.1 Å². The number of halogens is 1. The molecule has 8 nitrogen and oxygen atoms in total. The second-order valence-electron chi connectivity index (χ2n) is 13.5. The van der Waals surface area contributed by atoms with Crippen LogP contribution in [0.5, 0.6) is 5.75 Å². The zero-order valence-corrected chi connectivity index (χ0v) is 26.4. The fourth-order valence-corrected chi connectivity index (χ4v) is 7.66. The summed E-state index contributed by atoms with van der Waals surface area (Å²) in [6.07, 6.45) is 6.64. The van der Waals surface area contributed by atoms with Crippen molar-refractivity contribution in [3.05, 3.63) is 59.4 Å². The largest absolute Gasteiger partial charge is 0.489 e. The van der Waals surface area contributed by atoms with Crippen LogP contribution in [0.25, 0.3) is 0 Å². The molecule has 2 saturated carbocycles. The Morgan fingerprint density at radius 3 is 2.32 bits per heavy atom. The Morgan fingerprint density at radius 2 is 1.68 bits per heavy atom. The van der Waals surface area contributed by atoms with Gasteiger partial charge in [-0.2, -0.15) is 0 Å². The van der Waals surface area contributed by atoms with E-state index in [0.717, 1.165) is 41.7 Å². The van der Waals surface area contributed by atoms with E-state index in [9.17, 15) is 18.8 Å². The molecule has 5 rings (SSSR count). The van der Waals surface area contributed by atoms with Gasteiger partial charge in [0, 0.05) is 57.3 Å². The fourth-order valence-electron chi connectivity index (χ4n) is 7.66. The highest BCUT2D eigenvalue weighted by molar-refractivity contribution is 5.88. The van der Waals surface area contributed by atoms with Gasteiger partial charge in [-0.1, -0.05) is 32.4 Å². The third kappa shape index (κ3) is 8.37. The predicted molar refractivity (Wildman–Crippen MR) is 168 cm³/mol. The Balaban J connectivity index is 1.05. The van der Waals surface area contributed by atoms with Gasteiger partial charge in [-0.15, -0.1) is 0 Å². The van der Waals surface area contributed by atoms with Crippen molar-refractivity contribution in [3.8, 4) is 5.75 Å². The number of nitrogens with one attached hydrogen (secondary N) is 2. The van der Waals surface area contributed by atoms with Crippen LogP contribution in [0.2, 0.25) is 0 Å². The standard InChI is InChI=1S/C35H47FN4O4/c1-4-25-15-27-18-35(3,19-28(27)16-25)20-33(42)37-21-34(43)40-13-11-39(12-14-40)22-29-17-30(36)7-10-32(29)44-23-26-5-8-31(9-6-26)38-24(2)41/h5-10,17,25,27-28H,4,11-16,18-23H2,1-3H3,(H,37,42)(H,38,41). The zero-order chi connectivity index (χ0) is 31.3. The van der Waals surface area contributed by atoms with Gasteiger partial charge in [0.05, 0.1) is 6.54 Å². The minimum atomic E-state index is -0.323. The summed E-state index contributed by atoms with van der Waals surface area (Å²) in [4.78, 5) is 40.9. The normalized spacial score (nSPS) is 25.0. The molecular weight excluding hydrogens is 559 g/mol. The number of benzene rings is 2. The minimum Gasteiger partial charge on any atom is -0.489 e. The van der Waals surface area contributed by atoms with Gasteiger partial charge in [-0.25, -0.2) is 4.39 Å². The SMILES string of the molecule is CCC1CC2CC(C)(CC(=O)NCC(=O)N3CCN(Cc4cc(F)ccc4OCc4ccc(NC(C)=O)cc4)CC3)CC2C1. The summed E-state index contributed by atoms with van der Waals surface area (Å²) in [5.41, 5.74) is 2.44. The number of rotatable bonds is 11. The van der Waals surface area contributed by atoms with Gasteiger partial charge in [0.2, 0.25) is 17.7 Å². The van der Waals surface area contributed by atoms with E-state index in [4.69, 9.17) is 4.74 Å². The lowest BCUT2D eigenvalue weighted by Crippen LogP contribution is -2.51. The van der Waals surface area contributed by atoms with Gasteiger partial charge in [0.25, 0.3) is 0 Å². The lowest BCUT2D eigenvalue weighted by atomic mass is 9.81. The van der Waals surface area contributed by atoms with E-state index in [0.29, 0.717) is 57.2 Å². The highest BCUT2D eigenvalue weighted by Crippen LogP contribution is 2.56. The highest BCUT2D eigenvalue weighted by atomic mass is 19.1. The van der Waals surface area contributed by atoms with E-state index in [1.165, 1.54) is 38.3 Å². The van der Waals surface area contributed by atoms with E-state index in [-0.39, 0.29) is 35.5 Å². The van der Waals surface area contributed by atoms with E-state index in [2.05, 4.69) is 29.4 Å².